The summed E-state index contributed by atoms with van der Waals surface area (Å²) < 4.78 is 4.88. The minimum absolute atomic E-state index is 0.0920. The van der Waals surface area contributed by atoms with Gasteiger partial charge in [-0.25, -0.2) is 0 Å². The Morgan fingerprint density at radius 1 is 1.44 bits per heavy atom. The average molecular weight is 246 g/mol. The molecule has 16 heavy (non-hydrogen) atoms. The zero-order chi connectivity index (χ0) is 11.6. The van der Waals surface area contributed by atoms with E-state index < -0.39 is 0 Å². The third kappa shape index (κ3) is 6.35. The summed E-state index contributed by atoms with van der Waals surface area (Å²) >= 11 is 2.01. The van der Waals surface area contributed by atoms with Crippen molar-refractivity contribution in [2.24, 2.45) is 5.92 Å². The van der Waals surface area contributed by atoms with Crippen LogP contribution < -0.4 is 10.6 Å². The van der Waals surface area contributed by atoms with E-state index in [2.05, 4.69) is 10.6 Å². The Hall–Kier alpha value is -0.260. The first-order chi connectivity index (χ1) is 7.83. The van der Waals surface area contributed by atoms with Gasteiger partial charge in [-0.15, -0.1) is 0 Å². The van der Waals surface area contributed by atoms with Crippen LogP contribution in [0.4, 0.5) is 0 Å². The minimum atomic E-state index is 0.0920. The van der Waals surface area contributed by atoms with E-state index >= 15 is 0 Å². The van der Waals surface area contributed by atoms with Gasteiger partial charge >= 0.3 is 0 Å². The molecule has 1 aliphatic rings. The van der Waals surface area contributed by atoms with Crippen LogP contribution in [0.1, 0.15) is 12.8 Å². The SMILES string of the molecule is COCCNCC(=O)NCC1CCSCC1. The van der Waals surface area contributed by atoms with Crippen molar-refractivity contribution >= 4 is 17.7 Å². The molecule has 1 heterocycles. The summed E-state index contributed by atoms with van der Waals surface area (Å²) in [5, 5.41) is 6.01. The predicted molar refractivity (Wildman–Crippen MR) is 67.8 cm³/mol. The third-order valence-corrected chi connectivity index (χ3v) is 3.75. The number of rotatable bonds is 7. The fraction of sp³-hybridized carbons (Fsp3) is 0.909. The monoisotopic (exact) mass is 246 g/mol. The lowest BCUT2D eigenvalue weighted by Gasteiger charge is -2.21. The molecule has 1 saturated heterocycles. The lowest BCUT2D eigenvalue weighted by atomic mass is 10.0. The lowest BCUT2D eigenvalue weighted by Crippen LogP contribution is -2.38. The van der Waals surface area contributed by atoms with E-state index in [4.69, 9.17) is 4.74 Å². The van der Waals surface area contributed by atoms with E-state index in [1.54, 1.807) is 7.11 Å². The van der Waals surface area contributed by atoms with Gasteiger partial charge in [0.05, 0.1) is 13.2 Å². The summed E-state index contributed by atoms with van der Waals surface area (Å²) in [5.74, 6) is 3.26. The Morgan fingerprint density at radius 2 is 2.19 bits per heavy atom. The summed E-state index contributed by atoms with van der Waals surface area (Å²) in [6.45, 7) is 2.60. The predicted octanol–water partition coefficient (Wildman–Crippen LogP) is 0.482. The van der Waals surface area contributed by atoms with Crippen LogP contribution in [0.25, 0.3) is 0 Å². The van der Waals surface area contributed by atoms with Crippen molar-refractivity contribution in [2.75, 3.05) is 44.9 Å². The van der Waals surface area contributed by atoms with Gasteiger partial charge in [0.2, 0.25) is 5.91 Å². The molecule has 1 amide bonds. The van der Waals surface area contributed by atoms with Crippen LogP contribution in [0, 0.1) is 5.92 Å². The second-order valence-corrected chi connectivity index (χ2v) is 5.25. The Morgan fingerprint density at radius 3 is 2.88 bits per heavy atom. The Balaban J connectivity index is 1.96. The van der Waals surface area contributed by atoms with Gasteiger partial charge < -0.3 is 15.4 Å². The second kappa shape index (κ2) is 8.84. The van der Waals surface area contributed by atoms with Gasteiger partial charge in [-0.05, 0) is 30.3 Å². The largest absolute Gasteiger partial charge is 0.383 e. The molecule has 0 aromatic carbocycles. The smallest absolute Gasteiger partial charge is 0.233 e. The standard InChI is InChI=1S/C11H22N2O2S/c1-15-5-4-12-9-11(14)13-8-10-2-6-16-7-3-10/h10,12H,2-9H2,1H3,(H,13,14). The van der Waals surface area contributed by atoms with Crippen molar-refractivity contribution in [2.45, 2.75) is 12.8 Å². The molecule has 1 fully saturated rings. The molecule has 0 radical (unpaired) electrons. The maximum atomic E-state index is 11.4. The highest BCUT2D eigenvalue weighted by Crippen LogP contribution is 2.21. The zero-order valence-corrected chi connectivity index (χ0v) is 10.8. The number of thioether (sulfide) groups is 1. The van der Waals surface area contributed by atoms with Crippen LogP contribution in [-0.4, -0.2) is 50.8 Å². The first-order valence-corrected chi connectivity index (χ1v) is 7.02. The summed E-state index contributed by atoms with van der Waals surface area (Å²) in [5.41, 5.74) is 0. The van der Waals surface area contributed by atoms with Crippen LogP contribution in [0.15, 0.2) is 0 Å². The topological polar surface area (TPSA) is 50.4 Å². The van der Waals surface area contributed by atoms with Gasteiger partial charge in [0, 0.05) is 20.2 Å². The quantitative estimate of drug-likeness (QED) is 0.642. The number of carbonyl (C=O) groups is 1. The molecule has 1 aliphatic heterocycles. The highest BCUT2D eigenvalue weighted by molar-refractivity contribution is 7.99. The maximum absolute atomic E-state index is 11.4. The minimum Gasteiger partial charge on any atom is -0.383 e. The highest BCUT2D eigenvalue weighted by Gasteiger charge is 2.14. The number of amides is 1. The average Bonchev–Trinajstić information content (AvgIpc) is 2.33. The number of ether oxygens (including phenoxy) is 1. The first-order valence-electron chi connectivity index (χ1n) is 5.87. The van der Waals surface area contributed by atoms with Crippen molar-refractivity contribution < 1.29 is 9.53 Å². The summed E-state index contributed by atoms with van der Waals surface area (Å²) in [6, 6.07) is 0. The Labute approximate surface area is 102 Å². The second-order valence-electron chi connectivity index (χ2n) is 4.03. The van der Waals surface area contributed by atoms with E-state index in [1.165, 1.54) is 24.3 Å². The first kappa shape index (κ1) is 13.8. The number of methoxy groups -OCH3 is 1. The maximum Gasteiger partial charge on any atom is 0.233 e. The summed E-state index contributed by atoms with van der Waals surface area (Å²) in [4.78, 5) is 11.4. The molecule has 0 spiro atoms. The van der Waals surface area contributed by atoms with Gasteiger partial charge in [-0.1, -0.05) is 0 Å². The fourth-order valence-corrected chi connectivity index (χ4v) is 2.85. The van der Waals surface area contributed by atoms with E-state index in [-0.39, 0.29) is 5.91 Å². The third-order valence-electron chi connectivity index (χ3n) is 2.70. The molecule has 5 heteroatoms. The molecule has 0 aromatic heterocycles. The van der Waals surface area contributed by atoms with E-state index in [0.29, 0.717) is 19.1 Å². The Bertz CT molecular complexity index is 196. The molecule has 0 saturated carbocycles. The Kier molecular flexibility index (Phi) is 7.63. The molecule has 94 valence electrons. The van der Waals surface area contributed by atoms with Crippen LogP contribution in [-0.2, 0) is 9.53 Å². The molecule has 0 bridgehead atoms. The van der Waals surface area contributed by atoms with E-state index in [1.807, 2.05) is 11.8 Å². The van der Waals surface area contributed by atoms with Gasteiger partial charge in [0.15, 0.2) is 0 Å². The van der Waals surface area contributed by atoms with Gasteiger partial charge in [-0.3, -0.25) is 4.79 Å². The van der Waals surface area contributed by atoms with E-state index in [9.17, 15) is 4.79 Å². The fourth-order valence-electron chi connectivity index (χ4n) is 1.65. The number of nitrogens with one attached hydrogen (secondary N) is 2. The van der Waals surface area contributed by atoms with Crippen molar-refractivity contribution in [1.82, 2.24) is 10.6 Å². The number of carbonyl (C=O) groups excluding carboxylic acids is 1. The van der Waals surface area contributed by atoms with Crippen LogP contribution in [0.2, 0.25) is 0 Å². The summed E-state index contributed by atoms with van der Waals surface area (Å²) in [7, 11) is 1.66. The van der Waals surface area contributed by atoms with Crippen LogP contribution in [0.3, 0.4) is 0 Å². The molecule has 0 aromatic rings. The van der Waals surface area contributed by atoms with Crippen LogP contribution in [0.5, 0.6) is 0 Å². The summed E-state index contributed by atoms with van der Waals surface area (Å²) in [6.07, 6.45) is 2.48. The van der Waals surface area contributed by atoms with Gasteiger partial charge in [-0.2, -0.15) is 11.8 Å². The molecular formula is C11H22N2O2S. The molecule has 0 aliphatic carbocycles. The van der Waals surface area contributed by atoms with E-state index in [0.717, 1.165) is 13.1 Å². The molecule has 0 unspecified atom stereocenters. The van der Waals surface area contributed by atoms with Crippen LogP contribution >= 0.6 is 11.8 Å². The molecular weight excluding hydrogens is 224 g/mol. The molecule has 1 rings (SSSR count). The highest BCUT2D eigenvalue weighted by atomic mass is 32.2. The van der Waals surface area contributed by atoms with Crippen molar-refractivity contribution in [3.05, 3.63) is 0 Å². The molecule has 0 atom stereocenters. The van der Waals surface area contributed by atoms with Gasteiger partial charge in [0.1, 0.15) is 0 Å². The van der Waals surface area contributed by atoms with Crippen molar-refractivity contribution in [1.29, 1.82) is 0 Å². The van der Waals surface area contributed by atoms with Gasteiger partial charge in [0.25, 0.3) is 0 Å². The number of hydrogen-bond acceptors (Lipinski definition) is 4. The number of hydrogen-bond donors (Lipinski definition) is 2. The zero-order valence-electron chi connectivity index (χ0n) is 9.96. The lowest BCUT2D eigenvalue weighted by molar-refractivity contribution is -0.120. The van der Waals surface area contributed by atoms with Crippen molar-refractivity contribution in [3.63, 3.8) is 0 Å². The molecule has 2 N–H and O–H groups in total. The molecule has 4 nitrogen and oxygen atoms in total. The normalized spacial score (nSPS) is 17.3. The van der Waals surface area contributed by atoms with Crippen molar-refractivity contribution in [3.8, 4) is 0 Å².